The van der Waals surface area contributed by atoms with Crippen LogP contribution in [0.3, 0.4) is 0 Å². The largest absolute Gasteiger partial charge is 0.480 e. The molecule has 4 heteroatoms. The van der Waals surface area contributed by atoms with Crippen molar-refractivity contribution in [3.05, 3.63) is 35.4 Å². The van der Waals surface area contributed by atoms with Crippen LogP contribution in [-0.4, -0.2) is 27.9 Å². The third-order valence-corrected chi connectivity index (χ3v) is 3.65. The van der Waals surface area contributed by atoms with E-state index in [1.807, 2.05) is 18.2 Å². The van der Waals surface area contributed by atoms with Gasteiger partial charge in [-0.05, 0) is 18.9 Å². The number of thioether (sulfide) groups is 1. The molecular weight excluding hydrogens is 222 g/mol. The van der Waals surface area contributed by atoms with Gasteiger partial charge in [0.1, 0.15) is 5.25 Å². The Bertz CT molecular complexity index is 442. The van der Waals surface area contributed by atoms with Crippen LogP contribution in [0.4, 0.5) is 0 Å². The van der Waals surface area contributed by atoms with Gasteiger partial charge >= 0.3 is 5.97 Å². The Morgan fingerprint density at radius 3 is 3.00 bits per heavy atom. The molecule has 3 nitrogen and oxygen atoms in total. The maximum atomic E-state index is 10.8. The van der Waals surface area contributed by atoms with Gasteiger partial charge in [-0.2, -0.15) is 0 Å². The Morgan fingerprint density at radius 2 is 2.25 bits per heavy atom. The van der Waals surface area contributed by atoms with Gasteiger partial charge in [-0.25, -0.2) is 0 Å². The summed E-state index contributed by atoms with van der Waals surface area (Å²) in [5.74, 6) is -0.796. The molecule has 0 amide bonds. The molecule has 0 saturated heterocycles. The van der Waals surface area contributed by atoms with Gasteiger partial charge in [-0.15, -0.1) is 0 Å². The second kappa shape index (κ2) is 4.70. The summed E-state index contributed by atoms with van der Waals surface area (Å²) in [6, 6.07) is 8.06. The summed E-state index contributed by atoms with van der Waals surface area (Å²) in [7, 11) is 0. The first kappa shape index (κ1) is 11.2. The predicted molar refractivity (Wildman–Crippen MR) is 66.2 cm³/mol. The summed E-state index contributed by atoms with van der Waals surface area (Å²) in [6.07, 6.45) is 0.946. The second-order valence-corrected chi connectivity index (χ2v) is 5.02. The average molecular weight is 235 g/mol. The molecule has 1 N–H and O–H groups in total. The van der Waals surface area contributed by atoms with Crippen LogP contribution in [0.25, 0.3) is 0 Å². The molecular formula is C12H13NO2S. The van der Waals surface area contributed by atoms with E-state index in [1.54, 1.807) is 6.92 Å². The minimum Gasteiger partial charge on any atom is -0.480 e. The molecule has 0 fully saturated rings. The van der Waals surface area contributed by atoms with Crippen LogP contribution in [0.2, 0.25) is 0 Å². The molecule has 0 radical (unpaired) electrons. The molecule has 1 aliphatic heterocycles. The van der Waals surface area contributed by atoms with Gasteiger partial charge in [0.15, 0.2) is 0 Å². The average Bonchev–Trinajstić information content (AvgIpc) is 2.29. The van der Waals surface area contributed by atoms with Gasteiger partial charge < -0.3 is 5.11 Å². The fourth-order valence-corrected chi connectivity index (χ4v) is 2.56. The van der Waals surface area contributed by atoms with Crippen molar-refractivity contribution < 1.29 is 9.90 Å². The molecule has 1 heterocycles. The second-order valence-electron chi connectivity index (χ2n) is 3.69. The van der Waals surface area contributed by atoms with Crippen LogP contribution >= 0.6 is 11.8 Å². The highest BCUT2D eigenvalue weighted by Gasteiger charge is 2.19. The van der Waals surface area contributed by atoms with Crippen LogP contribution in [0.1, 0.15) is 18.1 Å². The van der Waals surface area contributed by atoms with Crippen molar-refractivity contribution in [1.29, 1.82) is 0 Å². The smallest absolute Gasteiger partial charge is 0.316 e. The van der Waals surface area contributed by atoms with E-state index in [4.69, 9.17) is 5.11 Å². The number of aliphatic carboxylic acids is 1. The maximum absolute atomic E-state index is 10.8. The number of rotatable bonds is 2. The van der Waals surface area contributed by atoms with E-state index >= 15 is 0 Å². The van der Waals surface area contributed by atoms with E-state index in [1.165, 1.54) is 17.3 Å². The molecule has 2 rings (SSSR count). The van der Waals surface area contributed by atoms with E-state index in [2.05, 4.69) is 11.1 Å². The summed E-state index contributed by atoms with van der Waals surface area (Å²) in [6.45, 7) is 2.44. The standard InChI is InChI=1S/C12H13NO2S/c1-8(12(14)15)16-11-10-5-3-2-4-9(10)6-7-13-11/h2-5,8H,6-7H2,1H3,(H,14,15). The summed E-state index contributed by atoms with van der Waals surface area (Å²) >= 11 is 1.32. The number of aliphatic imine (C=N–C) groups is 1. The van der Waals surface area contributed by atoms with Crippen molar-refractivity contribution in [3.63, 3.8) is 0 Å². The van der Waals surface area contributed by atoms with E-state index < -0.39 is 11.2 Å². The number of carboxylic acids is 1. The number of carbonyl (C=O) groups is 1. The number of fused-ring (bicyclic) bond motifs is 1. The van der Waals surface area contributed by atoms with Crippen LogP contribution in [-0.2, 0) is 11.2 Å². The Kier molecular flexibility index (Phi) is 3.29. The van der Waals surface area contributed by atoms with Gasteiger partial charge in [0.25, 0.3) is 0 Å². The molecule has 84 valence electrons. The molecule has 1 atom stereocenters. The van der Waals surface area contributed by atoms with Crippen molar-refractivity contribution in [2.75, 3.05) is 6.54 Å². The zero-order valence-corrected chi connectivity index (χ0v) is 9.83. The first-order valence-corrected chi connectivity index (χ1v) is 6.08. The highest BCUT2D eigenvalue weighted by atomic mass is 32.2. The van der Waals surface area contributed by atoms with Crippen LogP contribution < -0.4 is 0 Å². The lowest BCUT2D eigenvalue weighted by molar-refractivity contribution is -0.136. The SMILES string of the molecule is CC(SC1=NCCc2ccccc21)C(=O)O. The van der Waals surface area contributed by atoms with Gasteiger partial charge in [-0.3, -0.25) is 9.79 Å². The Hall–Kier alpha value is -1.29. The summed E-state index contributed by atoms with van der Waals surface area (Å²) < 4.78 is 0. The normalized spacial score (nSPS) is 16.2. The Morgan fingerprint density at radius 1 is 1.50 bits per heavy atom. The maximum Gasteiger partial charge on any atom is 0.316 e. The number of nitrogens with zero attached hydrogens (tertiary/aromatic N) is 1. The molecule has 1 aromatic carbocycles. The lowest BCUT2D eigenvalue weighted by atomic mass is 10.0. The molecule has 0 saturated carbocycles. The fraction of sp³-hybridized carbons (Fsp3) is 0.333. The monoisotopic (exact) mass is 235 g/mol. The minimum atomic E-state index is -0.796. The number of benzene rings is 1. The summed E-state index contributed by atoms with van der Waals surface area (Å²) in [4.78, 5) is 15.2. The van der Waals surface area contributed by atoms with Crippen molar-refractivity contribution >= 4 is 22.8 Å². The van der Waals surface area contributed by atoms with Crippen LogP contribution in [0.5, 0.6) is 0 Å². The highest BCUT2D eigenvalue weighted by Crippen LogP contribution is 2.25. The lowest BCUT2D eigenvalue weighted by Crippen LogP contribution is -2.18. The molecule has 0 spiro atoms. The molecule has 0 aromatic heterocycles. The molecule has 0 aliphatic carbocycles. The topological polar surface area (TPSA) is 49.7 Å². The van der Waals surface area contributed by atoms with Crippen LogP contribution in [0, 0.1) is 0 Å². The summed E-state index contributed by atoms with van der Waals surface area (Å²) in [5.41, 5.74) is 2.35. The predicted octanol–water partition coefficient (Wildman–Crippen LogP) is 2.20. The highest BCUT2D eigenvalue weighted by molar-refractivity contribution is 8.15. The van der Waals surface area contributed by atoms with Crippen molar-refractivity contribution in [2.45, 2.75) is 18.6 Å². The van der Waals surface area contributed by atoms with Gasteiger partial charge in [0.2, 0.25) is 0 Å². The van der Waals surface area contributed by atoms with E-state index in [0.29, 0.717) is 0 Å². The van der Waals surface area contributed by atoms with Crippen molar-refractivity contribution in [2.24, 2.45) is 4.99 Å². The number of hydrogen-bond donors (Lipinski definition) is 1. The third-order valence-electron chi connectivity index (χ3n) is 2.52. The van der Waals surface area contributed by atoms with Gasteiger partial charge in [0, 0.05) is 12.1 Å². The van der Waals surface area contributed by atoms with Crippen molar-refractivity contribution in [1.82, 2.24) is 0 Å². The quantitative estimate of drug-likeness (QED) is 0.855. The van der Waals surface area contributed by atoms with Gasteiger partial charge in [-0.1, -0.05) is 36.0 Å². The van der Waals surface area contributed by atoms with E-state index in [-0.39, 0.29) is 0 Å². The Balaban J connectivity index is 2.23. The van der Waals surface area contributed by atoms with Crippen LogP contribution in [0.15, 0.2) is 29.3 Å². The van der Waals surface area contributed by atoms with E-state index in [9.17, 15) is 4.79 Å². The van der Waals surface area contributed by atoms with E-state index in [0.717, 1.165) is 23.6 Å². The zero-order valence-electron chi connectivity index (χ0n) is 9.01. The molecule has 1 aliphatic rings. The molecule has 1 unspecified atom stereocenters. The first-order chi connectivity index (χ1) is 7.68. The summed E-state index contributed by atoms with van der Waals surface area (Å²) in [5, 5.41) is 9.29. The molecule has 1 aromatic rings. The molecule has 0 bridgehead atoms. The Labute approximate surface area is 98.6 Å². The lowest BCUT2D eigenvalue weighted by Gasteiger charge is -2.17. The number of hydrogen-bond acceptors (Lipinski definition) is 3. The van der Waals surface area contributed by atoms with Crippen molar-refractivity contribution in [3.8, 4) is 0 Å². The zero-order chi connectivity index (χ0) is 11.5. The third kappa shape index (κ3) is 2.27. The molecule has 16 heavy (non-hydrogen) atoms. The van der Waals surface area contributed by atoms with Gasteiger partial charge in [0.05, 0.1) is 5.04 Å². The minimum absolute atomic E-state index is 0.454. The fourth-order valence-electron chi connectivity index (χ4n) is 1.63. The number of carboxylic acid groups (broad SMARTS) is 1. The first-order valence-electron chi connectivity index (χ1n) is 5.20.